The third-order valence-electron chi connectivity index (χ3n) is 5.51. The van der Waals surface area contributed by atoms with E-state index in [2.05, 4.69) is 17.1 Å². The van der Waals surface area contributed by atoms with Crippen molar-refractivity contribution in [2.24, 2.45) is 0 Å². The van der Waals surface area contributed by atoms with Crippen LogP contribution in [0.1, 0.15) is 22.9 Å². The zero-order valence-corrected chi connectivity index (χ0v) is 16.7. The molecule has 5 rings (SSSR count). The molecule has 3 heterocycles. The van der Waals surface area contributed by atoms with Gasteiger partial charge in [-0.25, -0.2) is 0 Å². The van der Waals surface area contributed by atoms with E-state index in [9.17, 15) is 4.79 Å². The fourth-order valence-electron chi connectivity index (χ4n) is 4.24. The Bertz CT molecular complexity index is 1130. The monoisotopic (exact) mass is 415 g/mol. The van der Waals surface area contributed by atoms with Crippen LogP contribution in [0.2, 0.25) is 10.0 Å². The molecule has 1 saturated heterocycles. The number of thiocarbonyl (C=S) groups is 1. The number of hydrogen-bond acceptors (Lipinski definition) is 2. The first-order chi connectivity index (χ1) is 13.0. The van der Waals surface area contributed by atoms with Gasteiger partial charge in [0.15, 0.2) is 5.11 Å². The molecule has 1 aromatic heterocycles. The van der Waals surface area contributed by atoms with Crippen LogP contribution >= 0.6 is 35.4 Å². The highest BCUT2D eigenvalue weighted by Gasteiger charge is 2.49. The van der Waals surface area contributed by atoms with Gasteiger partial charge in [0.1, 0.15) is 6.04 Å². The lowest BCUT2D eigenvalue weighted by Gasteiger charge is -2.37. The number of likely N-dealkylation sites (N-methyl/N-ethyl adjacent to an activating group) is 1. The molecule has 27 heavy (non-hydrogen) atoms. The predicted octanol–water partition coefficient (Wildman–Crippen LogP) is 4.55. The number of para-hydroxylation sites is 1. The van der Waals surface area contributed by atoms with E-state index >= 15 is 0 Å². The van der Waals surface area contributed by atoms with E-state index in [1.54, 1.807) is 18.0 Å². The highest BCUT2D eigenvalue weighted by atomic mass is 35.5. The molecule has 1 amide bonds. The van der Waals surface area contributed by atoms with E-state index in [-0.39, 0.29) is 18.0 Å². The fraction of sp³-hybridized carbons (Fsp3) is 0.200. The van der Waals surface area contributed by atoms with E-state index in [0.717, 1.165) is 27.7 Å². The van der Waals surface area contributed by atoms with Crippen LogP contribution in [-0.2, 0) is 11.2 Å². The lowest BCUT2D eigenvalue weighted by Crippen LogP contribution is -2.44. The Hall–Kier alpha value is -2.08. The summed E-state index contributed by atoms with van der Waals surface area (Å²) in [6.07, 6.45) is 0.625. The van der Waals surface area contributed by atoms with Crippen LogP contribution in [0.5, 0.6) is 0 Å². The molecule has 0 aliphatic carbocycles. The number of nitrogens with one attached hydrogen (secondary N) is 1. The lowest BCUT2D eigenvalue weighted by molar-refractivity contribution is -0.127. The molecular formula is C20H15Cl2N3OS. The summed E-state index contributed by atoms with van der Waals surface area (Å²) in [7, 11) is 1.74. The summed E-state index contributed by atoms with van der Waals surface area (Å²) in [5.74, 6) is 0.0287. The van der Waals surface area contributed by atoms with E-state index in [4.69, 9.17) is 35.4 Å². The number of benzene rings is 2. The summed E-state index contributed by atoms with van der Waals surface area (Å²) in [4.78, 5) is 20.0. The van der Waals surface area contributed by atoms with E-state index < -0.39 is 0 Å². The number of rotatable bonds is 1. The van der Waals surface area contributed by atoms with Gasteiger partial charge in [-0.2, -0.15) is 0 Å². The Balaban J connectivity index is 1.78. The Morgan fingerprint density at radius 2 is 1.93 bits per heavy atom. The normalized spacial score (nSPS) is 21.7. The number of nitrogens with zero attached hydrogens (tertiary/aromatic N) is 2. The first-order valence-corrected chi connectivity index (χ1v) is 9.78. The molecule has 3 aromatic rings. The average Bonchev–Trinajstić information content (AvgIpc) is 3.14. The minimum absolute atomic E-state index is 0.0287. The van der Waals surface area contributed by atoms with Crippen molar-refractivity contribution in [3.63, 3.8) is 0 Å². The largest absolute Gasteiger partial charge is 0.356 e. The number of amides is 1. The van der Waals surface area contributed by atoms with Crippen LogP contribution in [0.4, 0.5) is 0 Å². The number of aromatic nitrogens is 1. The maximum absolute atomic E-state index is 12.9. The molecule has 7 heteroatoms. The van der Waals surface area contributed by atoms with Crippen LogP contribution in [-0.4, -0.2) is 38.9 Å². The molecule has 2 aliphatic rings. The number of halogens is 2. The minimum atomic E-state index is -0.311. The summed E-state index contributed by atoms with van der Waals surface area (Å²) in [5, 5.41) is 2.66. The van der Waals surface area contributed by atoms with E-state index in [1.165, 1.54) is 0 Å². The summed E-state index contributed by atoms with van der Waals surface area (Å²) in [6, 6.07) is 13.2. The van der Waals surface area contributed by atoms with E-state index in [0.29, 0.717) is 21.6 Å². The van der Waals surface area contributed by atoms with Crippen molar-refractivity contribution in [2.45, 2.75) is 18.5 Å². The van der Waals surface area contributed by atoms with Crippen molar-refractivity contribution in [2.75, 3.05) is 7.05 Å². The number of hydrogen-bond donors (Lipinski definition) is 1. The SMILES string of the molecule is CN1C(=O)[C@H]2Cc3c([nH]c4ccccc34)[C@@H](c3ccc(Cl)c(Cl)c3)N2C1=S. The molecule has 2 atom stereocenters. The first kappa shape index (κ1) is 17.0. The Labute approximate surface area is 171 Å². The number of carbonyl (C=O) groups is 1. The van der Waals surface area contributed by atoms with Crippen molar-refractivity contribution in [1.82, 2.24) is 14.8 Å². The average molecular weight is 416 g/mol. The second-order valence-corrected chi connectivity index (χ2v) is 8.13. The summed E-state index contributed by atoms with van der Waals surface area (Å²) >= 11 is 18.1. The third-order valence-corrected chi connectivity index (χ3v) is 6.74. The highest BCUT2D eigenvalue weighted by Crippen LogP contribution is 2.44. The van der Waals surface area contributed by atoms with Crippen LogP contribution < -0.4 is 0 Å². The topological polar surface area (TPSA) is 39.3 Å². The Kier molecular flexibility index (Phi) is 3.76. The van der Waals surface area contributed by atoms with Crippen LogP contribution in [0, 0.1) is 0 Å². The maximum Gasteiger partial charge on any atom is 0.251 e. The Morgan fingerprint density at radius 3 is 2.70 bits per heavy atom. The summed E-state index contributed by atoms with van der Waals surface area (Å²) < 4.78 is 0. The third kappa shape index (κ3) is 2.35. The molecule has 2 aliphatic heterocycles. The molecule has 0 unspecified atom stereocenters. The zero-order valence-electron chi connectivity index (χ0n) is 14.4. The molecular weight excluding hydrogens is 401 g/mol. The van der Waals surface area contributed by atoms with Gasteiger partial charge in [-0.05, 0) is 41.5 Å². The molecule has 0 saturated carbocycles. The smallest absolute Gasteiger partial charge is 0.251 e. The van der Waals surface area contributed by atoms with Gasteiger partial charge in [0.05, 0.1) is 16.1 Å². The van der Waals surface area contributed by atoms with Crippen molar-refractivity contribution in [3.8, 4) is 0 Å². The van der Waals surface area contributed by atoms with Gasteiger partial charge in [-0.15, -0.1) is 0 Å². The lowest BCUT2D eigenvalue weighted by atomic mass is 9.89. The molecule has 0 spiro atoms. The summed E-state index contributed by atoms with van der Waals surface area (Å²) in [6.45, 7) is 0. The minimum Gasteiger partial charge on any atom is -0.356 e. The molecule has 2 aromatic carbocycles. The van der Waals surface area contributed by atoms with Crippen LogP contribution in [0.25, 0.3) is 10.9 Å². The van der Waals surface area contributed by atoms with Crippen molar-refractivity contribution >= 4 is 57.3 Å². The second kappa shape index (κ2) is 5.96. The van der Waals surface area contributed by atoms with Gasteiger partial charge < -0.3 is 9.88 Å². The Morgan fingerprint density at radius 1 is 1.15 bits per heavy atom. The van der Waals surface area contributed by atoms with Gasteiger partial charge in [0.25, 0.3) is 5.91 Å². The van der Waals surface area contributed by atoms with Crippen LogP contribution in [0.15, 0.2) is 42.5 Å². The molecule has 1 fully saturated rings. The van der Waals surface area contributed by atoms with Gasteiger partial charge >= 0.3 is 0 Å². The molecule has 0 bridgehead atoms. The summed E-state index contributed by atoms with van der Waals surface area (Å²) in [5.41, 5.74) is 4.22. The highest BCUT2D eigenvalue weighted by molar-refractivity contribution is 7.80. The van der Waals surface area contributed by atoms with Crippen molar-refractivity contribution < 1.29 is 4.79 Å². The zero-order chi connectivity index (χ0) is 18.9. The quantitative estimate of drug-likeness (QED) is 0.592. The number of fused-ring (bicyclic) bond motifs is 4. The molecule has 4 nitrogen and oxygen atoms in total. The molecule has 136 valence electrons. The maximum atomic E-state index is 12.9. The predicted molar refractivity (Wildman–Crippen MR) is 111 cm³/mol. The molecule has 1 N–H and O–H groups in total. The number of aromatic amines is 1. The van der Waals surface area contributed by atoms with Gasteiger partial charge in [0, 0.05) is 30.1 Å². The standard InChI is InChI=1S/C20H15Cl2N3OS/c1-24-19(26)16-9-12-11-4-2-3-5-15(11)23-17(12)18(25(16)20(24)27)10-6-7-13(21)14(22)8-10/h2-8,16,18,23H,9H2,1H3/t16-,18-/m1/s1. The van der Waals surface area contributed by atoms with Crippen LogP contribution in [0.3, 0.4) is 0 Å². The van der Waals surface area contributed by atoms with Gasteiger partial charge in [-0.3, -0.25) is 9.69 Å². The number of H-pyrrole nitrogens is 1. The second-order valence-electron chi connectivity index (χ2n) is 6.95. The first-order valence-electron chi connectivity index (χ1n) is 8.61. The fourth-order valence-corrected chi connectivity index (χ4v) is 4.86. The van der Waals surface area contributed by atoms with Crippen molar-refractivity contribution in [1.29, 1.82) is 0 Å². The molecule has 0 radical (unpaired) electrons. The van der Waals surface area contributed by atoms with E-state index in [1.807, 2.05) is 29.2 Å². The number of carbonyl (C=O) groups excluding carboxylic acids is 1. The van der Waals surface area contributed by atoms with Gasteiger partial charge in [-0.1, -0.05) is 47.5 Å². The van der Waals surface area contributed by atoms with Gasteiger partial charge in [0.2, 0.25) is 0 Å². The van der Waals surface area contributed by atoms with Crippen molar-refractivity contribution in [3.05, 3.63) is 69.3 Å².